The van der Waals surface area contributed by atoms with Crippen LogP contribution in [0.3, 0.4) is 0 Å². The fraction of sp³-hybridized carbons (Fsp3) is 0.571. The molecule has 0 spiro atoms. The second kappa shape index (κ2) is 6.68. The number of aryl methyl sites for hydroxylation is 2. The molecule has 2 N–H and O–H groups in total. The van der Waals surface area contributed by atoms with Gasteiger partial charge in [0, 0.05) is 33.6 Å². The van der Waals surface area contributed by atoms with Gasteiger partial charge in [0.2, 0.25) is 5.91 Å². The molecule has 2 aliphatic carbocycles. The summed E-state index contributed by atoms with van der Waals surface area (Å²) >= 11 is 6.27. The Labute approximate surface area is 154 Å². The minimum absolute atomic E-state index is 0.220. The van der Waals surface area contributed by atoms with Crippen LogP contribution in [-0.4, -0.2) is 16.9 Å². The van der Waals surface area contributed by atoms with Gasteiger partial charge in [-0.25, -0.2) is 0 Å². The Balaban J connectivity index is 1.50. The van der Waals surface area contributed by atoms with E-state index < -0.39 is 0 Å². The quantitative estimate of drug-likeness (QED) is 0.785. The van der Waals surface area contributed by atoms with Crippen molar-refractivity contribution < 1.29 is 4.79 Å². The van der Waals surface area contributed by atoms with Gasteiger partial charge in [0.15, 0.2) is 0 Å². The zero-order valence-electron chi connectivity index (χ0n) is 15.1. The first-order valence-electron chi connectivity index (χ1n) is 9.61. The van der Waals surface area contributed by atoms with E-state index in [9.17, 15) is 4.79 Å². The van der Waals surface area contributed by atoms with E-state index in [1.54, 1.807) is 0 Å². The number of amides is 1. The standard InChI is InChI=1S/C21H27ClN2O/c1-12-3-5-14(6-4-12)21(25)23-16-7-8-19-17(11-16)18-10-15(22)9-13(2)20(18)24-19/h9-10,12,14,16,24H,3-8,11H2,1-2H3,(H,23,25). The van der Waals surface area contributed by atoms with Crippen LogP contribution in [0.4, 0.5) is 0 Å². The number of H-pyrrole nitrogens is 1. The molecule has 1 heterocycles. The van der Waals surface area contributed by atoms with Crippen molar-refractivity contribution in [3.05, 3.63) is 34.0 Å². The third-order valence-corrected chi connectivity index (χ3v) is 6.41. The highest BCUT2D eigenvalue weighted by Gasteiger charge is 2.28. The molecule has 1 saturated carbocycles. The molecule has 4 heteroatoms. The second-order valence-corrected chi connectivity index (χ2v) is 8.57. The number of halogens is 1. The number of hydrogen-bond acceptors (Lipinski definition) is 1. The number of hydrogen-bond donors (Lipinski definition) is 2. The average molecular weight is 359 g/mol. The third-order valence-electron chi connectivity index (χ3n) is 6.19. The number of carbonyl (C=O) groups excluding carboxylic acids is 1. The van der Waals surface area contributed by atoms with Crippen molar-refractivity contribution in [2.24, 2.45) is 11.8 Å². The van der Waals surface area contributed by atoms with Gasteiger partial charge in [0.25, 0.3) is 0 Å². The van der Waals surface area contributed by atoms with E-state index in [-0.39, 0.29) is 17.9 Å². The number of aromatic amines is 1. The van der Waals surface area contributed by atoms with Gasteiger partial charge in [0.05, 0.1) is 0 Å². The fourth-order valence-electron chi connectivity index (χ4n) is 4.61. The highest BCUT2D eigenvalue weighted by Crippen LogP contribution is 2.33. The average Bonchev–Trinajstić information content (AvgIpc) is 2.94. The molecule has 1 amide bonds. The SMILES string of the molecule is Cc1cc(Cl)cc2c3c([nH]c12)CCC(NC(=O)C1CCC(C)CC1)C3. The van der Waals surface area contributed by atoms with Crippen LogP contribution in [0.1, 0.15) is 55.8 Å². The minimum atomic E-state index is 0.220. The number of carbonyl (C=O) groups is 1. The second-order valence-electron chi connectivity index (χ2n) is 8.13. The molecule has 1 fully saturated rings. The fourth-order valence-corrected chi connectivity index (χ4v) is 4.89. The van der Waals surface area contributed by atoms with Crippen molar-refractivity contribution in [2.45, 2.75) is 64.8 Å². The van der Waals surface area contributed by atoms with Gasteiger partial charge in [-0.05, 0) is 81.0 Å². The van der Waals surface area contributed by atoms with Crippen molar-refractivity contribution in [2.75, 3.05) is 0 Å². The van der Waals surface area contributed by atoms with E-state index in [1.165, 1.54) is 40.6 Å². The van der Waals surface area contributed by atoms with Gasteiger partial charge in [-0.1, -0.05) is 18.5 Å². The number of aromatic nitrogens is 1. The maximum atomic E-state index is 12.7. The highest BCUT2D eigenvalue weighted by molar-refractivity contribution is 6.31. The summed E-state index contributed by atoms with van der Waals surface area (Å²) in [6.07, 6.45) is 7.39. The number of nitrogens with one attached hydrogen (secondary N) is 2. The Morgan fingerprint density at radius 2 is 1.96 bits per heavy atom. The van der Waals surface area contributed by atoms with Crippen LogP contribution in [0.5, 0.6) is 0 Å². The molecule has 4 rings (SSSR count). The Morgan fingerprint density at radius 1 is 1.20 bits per heavy atom. The van der Waals surface area contributed by atoms with Crippen LogP contribution in [0.15, 0.2) is 12.1 Å². The van der Waals surface area contributed by atoms with Crippen molar-refractivity contribution >= 4 is 28.4 Å². The van der Waals surface area contributed by atoms with Gasteiger partial charge in [0.1, 0.15) is 0 Å². The van der Waals surface area contributed by atoms with Crippen molar-refractivity contribution in [1.29, 1.82) is 0 Å². The molecule has 2 aromatic rings. The van der Waals surface area contributed by atoms with Crippen LogP contribution in [0.2, 0.25) is 5.02 Å². The highest BCUT2D eigenvalue weighted by atomic mass is 35.5. The lowest BCUT2D eigenvalue weighted by Gasteiger charge is -2.29. The summed E-state index contributed by atoms with van der Waals surface area (Å²) in [7, 11) is 0. The predicted molar refractivity (Wildman–Crippen MR) is 103 cm³/mol. The van der Waals surface area contributed by atoms with Gasteiger partial charge in [-0.3, -0.25) is 4.79 Å². The molecule has 1 aromatic heterocycles. The van der Waals surface area contributed by atoms with E-state index in [4.69, 9.17) is 11.6 Å². The lowest BCUT2D eigenvalue weighted by atomic mass is 9.82. The predicted octanol–water partition coefficient (Wildman–Crippen LogP) is 4.93. The largest absolute Gasteiger partial charge is 0.358 e. The molecular formula is C21H27ClN2O. The Hall–Kier alpha value is -1.48. The molecular weight excluding hydrogens is 332 g/mol. The maximum absolute atomic E-state index is 12.7. The van der Waals surface area contributed by atoms with Crippen LogP contribution in [-0.2, 0) is 17.6 Å². The van der Waals surface area contributed by atoms with E-state index in [0.29, 0.717) is 0 Å². The zero-order chi connectivity index (χ0) is 17.6. The Morgan fingerprint density at radius 3 is 2.72 bits per heavy atom. The molecule has 1 atom stereocenters. The summed E-state index contributed by atoms with van der Waals surface area (Å²) in [4.78, 5) is 16.2. The van der Waals surface area contributed by atoms with Crippen LogP contribution in [0, 0.1) is 18.8 Å². The van der Waals surface area contributed by atoms with Gasteiger partial charge >= 0.3 is 0 Å². The summed E-state index contributed by atoms with van der Waals surface area (Å²) in [6, 6.07) is 4.32. The Bertz CT molecular complexity index is 802. The van der Waals surface area contributed by atoms with Crippen LogP contribution in [0.25, 0.3) is 10.9 Å². The topological polar surface area (TPSA) is 44.9 Å². The van der Waals surface area contributed by atoms with Crippen LogP contribution >= 0.6 is 11.6 Å². The molecule has 1 unspecified atom stereocenters. The van der Waals surface area contributed by atoms with E-state index in [1.807, 2.05) is 6.07 Å². The van der Waals surface area contributed by atoms with E-state index >= 15 is 0 Å². The van der Waals surface area contributed by atoms with Gasteiger partial charge < -0.3 is 10.3 Å². The molecule has 25 heavy (non-hydrogen) atoms. The van der Waals surface area contributed by atoms with E-state index in [0.717, 1.165) is 43.0 Å². The number of benzene rings is 1. The zero-order valence-corrected chi connectivity index (χ0v) is 15.9. The monoisotopic (exact) mass is 358 g/mol. The minimum Gasteiger partial charge on any atom is -0.358 e. The summed E-state index contributed by atoms with van der Waals surface area (Å²) in [5.41, 5.74) is 5.04. The van der Waals surface area contributed by atoms with E-state index in [2.05, 4.69) is 30.2 Å². The van der Waals surface area contributed by atoms with Crippen LogP contribution < -0.4 is 5.32 Å². The smallest absolute Gasteiger partial charge is 0.223 e. The third kappa shape index (κ3) is 3.31. The first-order valence-corrected chi connectivity index (χ1v) is 9.99. The first-order chi connectivity index (χ1) is 12.0. The van der Waals surface area contributed by atoms with Crippen molar-refractivity contribution in [1.82, 2.24) is 10.3 Å². The van der Waals surface area contributed by atoms with Gasteiger partial charge in [-0.2, -0.15) is 0 Å². The first kappa shape index (κ1) is 17.0. The molecule has 0 saturated heterocycles. The lowest BCUT2D eigenvalue weighted by molar-refractivity contribution is -0.127. The molecule has 0 bridgehead atoms. The van der Waals surface area contributed by atoms with Crippen molar-refractivity contribution in [3.8, 4) is 0 Å². The molecule has 134 valence electrons. The summed E-state index contributed by atoms with van der Waals surface area (Å²) < 4.78 is 0. The molecule has 0 radical (unpaired) electrons. The Kier molecular flexibility index (Phi) is 4.53. The normalized spacial score (nSPS) is 26.4. The number of rotatable bonds is 2. The molecule has 1 aromatic carbocycles. The summed E-state index contributed by atoms with van der Waals surface area (Å²) in [5, 5.41) is 5.36. The maximum Gasteiger partial charge on any atom is 0.223 e. The molecule has 2 aliphatic rings. The summed E-state index contributed by atoms with van der Waals surface area (Å²) in [5.74, 6) is 1.27. The molecule has 3 nitrogen and oxygen atoms in total. The van der Waals surface area contributed by atoms with Crippen molar-refractivity contribution in [3.63, 3.8) is 0 Å². The molecule has 0 aliphatic heterocycles. The number of fused-ring (bicyclic) bond motifs is 3. The van der Waals surface area contributed by atoms with Gasteiger partial charge in [-0.15, -0.1) is 0 Å². The summed E-state index contributed by atoms with van der Waals surface area (Å²) in [6.45, 7) is 4.39. The lowest BCUT2D eigenvalue weighted by Crippen LogP contribution is -2.42.